The Bertz CT molecular complexity index is 794. The van der Waals surface area contributed by atoms with Crippen LogP contribution in [-0.2, 0) is 11.8 Å². The van der Waals surface area contributed by atoms with Crippen molar-refractivity contribution in [2.75, 3.05) is 19.8 Å². The number of aryl methyl sites for hydroxylation is 1. The Morgan fingerprint density at radius 2 is 1.57 bits per heavy atom. The highest BCUT2D eigenvalue weighted by Gasteiger charge is 2.19. The normalized spacial score (nSPS) is 11.6. The molecular weight excluding hydrogens is 354 g/mol. The van der Waals surface area contributed by atoms with Gasteiger partial charge in [-0.1, -0.05) is 45.0 Å². The maximum Gasteiger partial charge on any atom is 0.161 e. The van der Waals surface area contributed by atoms with Crippen molar-refractivity contribution in [2.24, 2.45) is 5.16 Å². The van der Waals surface area contributed by atoms with Crippen LogP contribution in [0.5, 0.6) is 17.2 Å². The van der Waals surface area contributed by atoms with Crippen LogP contribution in [0.3, 0.4) is 0 Å². The number of benzene rings is 2. The Morgan fingerprint density at radius 1 is 0.893 bits per heavy atom. The van der Waals surface area contributed by atoms with Gasteiger partial charge in [0.1, 0.15) is 19.0 Å². The van der Waals surface area contributed by atoms with Gasteiger partial charge in [0.05, 0.1) is 12.8 Å². The number of rotatable bonds is 9. The third-order valence-electron chi connectivity index (χ3n) is 4.33. The third kappa shape index (κ3) is 5.91. The van der Waals surface area contributed by atoms with E-state index in [-0.39, 0.29) is 5.41 Å². The molecule has 2 aromatic rings. The molecule has 0 atom stereocenters. The summed E-state index contributed by atoms with van der Waals surface area (Å²) in [6.45, 7) is 12.0. The molecule has 152 valence electrons. The first-order valence-corrected chi connectivity index (χ1v) is 9.72. The summed E-state index contributed by atoms with van der Waals surface area (Å²) in [4.78, 5) is 0. The molecule has 0 saturated heterocycles. The molecule has 0 bridgehead atoms. The highest BCUT2D eigenvalue weighted by atomic mass is 16.5. The molecule has 28 heavy (non-hydrogen) atoms. The number of oxime groups is 1. The average Bonchev–Trinajstić information content (AvgIpc) is 2.66. The maximum absolute atomic E-state index is 8.68. The van der Waals surface area contributed by atoms with Crippen LogP contribution in [-0.4, -0.2) is 31.2 Å². The molecule has 5 nitrogen and oxygen atoms in total. The lowest BCUT2D eigenvalue weighted by Gasteiger charge is -2.24. The molecule has 2 aromatic carbocycles. The number of hydrogen-bond donors (Lipinski definition) is 1. The molecule has 0 aliphatic carbocycles. The standard InChI is InChI=1S/C23H31NO4/c1-6-17-8-10-20(19(14-17)23(3,4)5)27-12-13-28-21-11-9-18(16-24-25)15-22(21)26-7-2/h8-11,14-16,25H,6-7,12-13H2,1-5H3. The molecule has 0 amide bonds. The van der Waals surface area contributed by atoms with Crippen molar-refractivity contribution >= 4 is 6.21 Å². The summed E-state index contributed by atoms with van der Waals surface area (Å²) in [7, 11) is 0. The van der Waals surface area contributed by atoms with Gasteiger partial charge in [-0.2, -0.15) is 0 Å². The molecule has 2 rings (SSSR count). The summed E-state index contributed by atoms with van der Waals surface area (Å²) in [5.41, 5.74) is 3.25. The number of ether oxygens (including phenoxy) is 3. The molecule has 5 heteroatoms. The lowest BCUT2D eigenvalue weighted by Crippen LogP contribution is -2.16. The zero-order valence-electron chi connectivity index (χ0n) is 17.5. The van der Waals surface area contributed by atoms with Crippen molar-refractivity contribution in [1.82, 2.24) is 0 Å². The van der Waals surface area contributed by atoms with Crippen LogP contribution in [0.25, 0.3) is 0 Å². The van der Waals surface area contributed by atoms with E-state index in [9.17, 15) is 0 Å². The highest BCUT2D eigenvalue weighted by Crippen LogP contribution is 2.33. The fraction of sp³-hybridized carbons (Fsp3) is 0.435. The van der Waals surface area contributed by atoms with E-state index in [0.717, 1.165) is 17.7 Å². The predicted molar refractivity (Wildman–Crippen MR) is 113 cm³/mol. The minimum atomic E-state index is 0.00754. The van der Waals surface area contributed by atoms with Gasteiger partial charge in [0, 0.05) is 5.56 Å². The van der Waals surface area contributed by atoms with E-state index >= 15 is 0 Å². The summed E-state index contributed by atoms with van der Waals surface area (Å²) in [6, 6.07) is 11.8. The van der Waals surface area contributed by atoms with Crippen LogP contribution in [0, 0.1) is 0 Å². The van der Waals surface area contributed by atoms with Crippen molar-refractivity contribution < 1.29 is 19.4 Å². The molecule has 0 heterocycles. The van der Waals surface area contributed by atoms with E-state index in [1.165, 1.54) is 17.3 Å². The second-order valence-corrected chi connectivity index (χ2v) is 7.51. The first-order valence-electron chi connectivity index (χ1n) is 9.72. The van der Waals surface area contributed by atoms with Crippen molar-refractivity contribution in [2.45, 2.75) is 46.5 Å². The summed E-state index contributed by atoms with van der Waals surface area (Å²) < 4.78 is 17.5. The van der Waals surface area contributed by atoms with Crippen molar-refractivity contribution in [3.8, 4) is 17.2 Å². The molecular formula is C23H31NO4. The first kappa shape index (κ1) is 21.6. The van der Waals surface area contributed by atoms with Gasteiger partial charge < -0.3 is 19.4 Å². The zero-order chi connectivity index (χ0) is 20.6. The molecule has 0 radical (unpaired) electrons. The molecule has 0 aliphatic rings. The minimum Gasteiger partial charge on any atom is -0.490 e. The van der Waals surface area contributed by atoms with Crippen LogP contribution in [0.1, 0.15) is 51.3 Å². The second-order valence-electron chi connectivity index (χ2n) is 7.51. The van der Waals surface area contributed by atoms with Gasteiger partial charge in [-0.15, -0.1) is 0 Å². The van der Waals surface area contributed by atoms with E-state index in [1.54, 1.807) is 18.2 Å². The number of hydrogen-bond acceptors (Lipinski definition) is 5. The maximum atomic E-state index is 8.68. The van der Waals surface area contributed by atoms with Gasteiger partial charge in [-0.05, 0) is 54.2 Å². The quantitative estimate of drug-likeness (QED) is 0.279. The fourth-order valence-corrected chi connectivity index (χ4v) is 2.87. The Labute approximate surface area is 167 Å². The van der Waals surface area contributed by atoms with Gasteiger partial charge in [-0.3, -0.25) is 0 Å². The van der Waals surface area contributed by atoms with Gasteiger partial charge in [-0.25, -0.2) is 0 Å². The van der Waals surface area contributed by atoms with Crippen molar-refractivity contribution in [1.29, 1.82) is 0 Å². The predicted octanol–water partition coefficient (Wildman–Crippen LogP) is 5.21. The van der Waals surface area contributed by atoms with Crippen LogP contribution in [0.2, 0.25) is 0 Å². The molecule has 0 aliphatic heterocycles. The van der Waals surface area contributed by atoms with E-state index < -0.39 is 0 Å². The molecule has 0 fully saturated rings. The molecule has 0 saturated carbocycles. The van der Waals surface area contributed by atoms with E-state index in [0.29, 0.717) is 31.3 Å². The summed E-state index contributed by atoms with van der Waals surface area (Å²) >= 11 is 0. The SMILES string of the molecule is CCOc1cc(C=NO)ccc1OCCOc1ccc(CC)cc1C(C)(C)C. The lowest BCUT2D eigenvalue weighted by molar-refractivity contribution is 0.206. The Balaban J connectivity index is 2.03. The third-order valence-corrected chi connectivity index (χ3v) is 4.33. The Hall–Kier alpha value is -2.69. The fourth-order valence-electron chi connectivity index (χ4n) is 2.87. The molecule has 1 N–H and O–H groups in total. The molecule has 0 aromatic heterocycles. The summed E-state index contributed by atoms with van der Waals surface area (Å²) in [6.07, 6.45) is 2.35. The summed E-state index contributed by atoms with van der Waals surface area (Å²) in [5, 5.41) is 11.7. The van der Waals surface area contributed by atoms with Crippen LogP contribution in [0.4, 0.5) is 0 Å². The minimum absolute atomic E-state index is 0.00754. The van der Waals surface area contributed by atoms with Crippen molar-refractivity contribution in [3.63, 3.8) is 0 Å². The molecule has 0 spiro atoms. The zero-order valence-corrected chi connectivity index (χ0v) is 17.5. The lowest BCUT2D eigenvalue weighted by atomic mass is 9.85. The topological polar surface area (TPSA) is 60.3 Å². The van der Waals surface area contributed by atoms with Crippen LogP contribution in [0.15, 0.2) is 41.6 Å². The number of nitrogens with zero attached hydrogens (tertiary/aromatic N) is 1. The van der Waals surface area contributed by atoms with Crippen LogP contribution >= 0.6 is 0 Å². The smallest absolute Gasteiger partial charge is 0.161 e. The Morgan fingerprint density at radius 3 is 2.18 bits per heavy atom. The van der Waals surface area contributed by atoms with Gasteiger partial charge >= 0.3 is 0 Å². The van der Waals surface area contributed by atoms with E-state index in [4.69, 9.17) is 19.4 Å². The monoisotopic (exact) mass is 385 g/mol. The first-order chi connectivity index (χ1) is 13.4. The van der Waals surface area contributed by atoms with E-state index in [2.05, 4.69) is 45.0 Å². The highest BCUT2D eigenvalue weighted by molar-refractivity contribution is 5.80. The van der Waals surface area contributed by atoms with Gasteiger partial charge in [0.25, 0.3) is 0 Å². The van der Waals surface area contributed by atoms with Crippen molar-refractivity contribution in [3.05, 3.63) is 53.1 Å². The van der Waals surface area contributed by atoms with Crippen LogP contribution < -0.4 is 14.2 Å². The molecule has 0 unspecified atom stereocenters. The summed E-state index contributed by atoms with van der Waals surface area (Å²) in [5.74, 6) is 2.15. The van der Waals surface area contributed by atoms with Gasteiger partial charge in [0.2, 0.25) is 0 Å². The second kappa shape index (κ2) is 10.0. The largest absolute Gasteiger partial charge is 0.490 e. The Kier molecular flexibility index (Phi) is 7.73. The average molecular weight is 386 g/mol. The van der Waals surface area contributed by atoms with Gasteiger partial charge in [0.15, 0.2) is 11.5 Å². The van der Waals surface area contributed by atoms with E-state index in [1.807, 2.05) is 13.0 Å².